The average molecular weight is 212 g/mol. The molecule has 0 bridgehead atoms. The first-order chi connectivity index (χ1) is 7.38. The zero-order valence-corrected chi connectivity index (χ0v) is 9.24. The topological polar surface area (TPSA) is 35.5 Å². The van der Waals surface area contributed by atoms with E-state index in [1.807, 2.05) is 0 Å². The van der Waals surface area contributed by atoms with Crippen molar-refractivity contribution in [1.82, 2.24) is 0 Å². The van der Waals surface area contributed by atoms with Crippen LogP contribution in [-0.4, -0.2) is 31.7 Å². The van der Waals surface area contributed by atoms with Gasteiger partial charge >= 0.3 is 0 Å². The van der Waals surface area contributed by atoms with E-state index in [1.54, 1.807) is 0 Å². The van der Waals surface area contributed by atoms with Crippen LogP contribution in [0.4, 0.5) is 0 Å². The molecule has 0 radical (unpaired) electrons. The Balaban J connectivity index is 1.87. The zero-order chi connectivity index (χ0) is 10.5. The van der Waals surface area contributed by atoms with Gasteiger partial charge in [-0.3, -0.25) is 4.79 Å². The van der Waals surface area contributed by atoms with Crippen LogP contribution < -0.4 is 0 Å². The second-order valence-electron chi connectivity index (χ2n) is 4.53. The van der Waals surface area contributed by atoms with Gasteiger partial charge in [0.2, 0.25) is 0 Å². The number of carbonyl (C=O) groups excluding carboxylic acids is 1. The Kier molecular flexibility index (Phi) is 4.15. The van der Waals surface area contributed by atoms with Gasteiger partial charge in [-0.05, 0) is 12.8 Å². The van der Waals surface area contributed by atoms with Crippen molar-refractivity contribution in [3.8, 4) is 0 Å². The zero-order valence-electron chi connectivity index (χ0n) is 9.24. The lowest BCUT2D eigenvalue weighted by atomic mass is 9.92. The number of ether oxygens (including phenoxy) is 2. The van der Waals surface area contributed by atoms with E-state index in [2.05, 4.69) is 0 Å². The van der Waals surface area contributed by atoms with Crippen molar-refractivity contribution < 1.29 is 14.3 Å². The molecule has 0 N–H and O–H groups in total. The summed E-state index contributed by atoms with van der Waals surface area (Å²) < 4.78 is 10.7. The molecule has 3 heteroatoms. The molecule has 0 aromatic heterocycles. The van der Waals surface area contributed by atoms with Crippen LogP contribution >= 0.6 is 0 Å². The van der Waals surface area contributed by atoms with Gasteiger partial charge < -0.3 is 9.47 Å². The molecule has 0 aromatic carbocycles. The normalized spacial score (nSPS) is 29.7. The molecule has 86 valence electrons. The van der Waals surface area contributed by atoms with Crippen LogP contribution in [0.5, 0.6) is 0 Å². The summed E-state index contributed by atoms with van der Waals surface area (Å²) in [6.45, 7) is 1.67. The minimum atomic E-state index is -0.276. The van der Waals surface area contributed by atoms with Gasteiger partial charge in [0.1, 0.15) is 6.10 Å². The molecule has 0 amide bonds. The minimum absolute atomic E-state index is 0.235. The van der Waals surface area contributed by atoms with Crippen LogP contribution in [0.3, 0.4) is 0 Å². The van der Waals surface area contributed by atoms with Crippen LogP contribution in [0.25, 0.3) is 0 Å². The van der Waals surface area contributed by atoms with Gasteiger partial charge in [0, 0.05) is 5.92 Å². The van der Waals surface area contributed by atoms with E-state index in [-0.39, 0.29) is 17.8 Å². The molecule has 2 rings (SSSR count). The summed E-state index contributed by atoms with van der Waals surface area (Å²) in [5.41, 5.74) is 0. The fraction of sp³-hybridized carbons (Fsp3) is 0.917. The van der Waals surface area contributed by atoms with Crippen molar-refractivity contribution in [3.63, 3.8) is 0 Å². The first-order valence-corrected chi connectivity index (χ1v) is 6.11. The van der Waals surface area contributed by atoms with Crippen LogP contribution in [0.15, 0.2) is 0 Å². The molecule has 1 unspecified atom stereocenters. The van der Waals surface area contributed by atoms with Crippen molar-refractivity contribution in [3.05, 3.63) is 0 Å². The minimum Gasteiger partial charge on any atom is -0.376 e. The van der Waals surface area contributed by atoms with Gasteiger partial charge in [-0.15, -0.1) is 0 Å². The fourth-order valence-electron chi connectivity index (χ4n) is 2.48. The first kappa shape index (κ1) is 11.1. The molecular formula is C12H20O3. The first-order valence-electron chi connectivity index (χ1n) is 6.11. The molecule has 1 aliphatic heterocycles. The van der Waals surface area contributed by atoms with Gasteiger partial charge in [0.05, 0.1) is 19.8 Å². The predicted octanol–water partition coefficient (Wildman–Crippen LogP) is 1.94. The second-order valence-corrected chi connectivity index (χ2v) is 4.53. The van der Waals surface area contributed by atoms with E-state index in [0.29, 0.717) is 19.8 Å². The lowest BCUT2D eigenvalue weighted by Crippen LogP contribution is -2.38. The summed E-state index contributed by atoms with van der Waals surface area (Å²) >= 11 is 0. The molecule has 0 spiro atoms. The summed E-state index contributed by atoms with van der Waals surface area (Å²) in [6.07, 6.45) is 6.80. The Bertz CT molecular complexity index is 201. The van der Waals surface area contributed by atoms with E-state index in [9.17, 15) is 4.79 Å². The Morgan fingerprint density at radius 1 is 1.00 bits per heavy atom. The van der Waals surface area contributed by atoms with E-state index >= 15 is 0 Å². The van der Waals surface area contributed by atoms with E-state index in [4.69, 9.17) is 9.47 Å². The highest BCUT2D eigenvalue weighted by Gasteiger charge is 2.29. The molecule has 0 aromatic rings. The Morgan fingerprint density at radius 2 is 1.73 bits per heavy atom. The molecule has 2 fully saturated rings. The summed E-state index contributed by atoms with van der Waals surface area (Å²) in [5.74, 6) is 0.524. The van der Waals surface area contributed by atoms with Gasteiger partial charge in [0.15, 0.2) is 5.78 Å². The van der Waals surface area contributed by atoms with E-state index < -0.39 is 0 Å². The average Bonchev–Trinajstić information content (AvgIpc) is 2.58. The highest BCUT2D eigenvalue weighted by Crippen LogP contribution is 2.25. The van der Waals surface area contributed by atoms with E-state index in [0.717, 1.165) is 12.8 Å². The number of hydrogen-bond donors (Lipinski definition) is 0. The molecule has 2 aliphatic rings. The number of rotatable bonds is 2. The maximum absolute atomic E-state index is 12.1. The third kappa shape index (κ3) is 3.02. The predicted molar refractivity (Wildman–Crippen MR) is 56.8 cm³/mol. The molecule has 3 nitrogen and oxygen atoms in total. The Hall–Kier alpha value is -0.410. The van der Waals surface area contributed by atoms with Gasteiger partial charge in [-0.25, -0.2) is 0 Å². The highest BCUT2D eigenvalue weighted by atomic mass is 16.6. The summed E-state index contributed by atoms with van der Waals surface area (Å²) in [6, 6.07) is 0. The van der Waals surface area contributed by atoms with Crippen LogP contribution in [0, 0.1) is 5.92 Å². The van der Waals surface area contributed by atoms with E-state index in [1.165, 1.54) is 25.7 Å². The molecule has 1 saturated heterocycles. The lowest BCUT2D eigenvalue weighted by Gasteiger charge is -2.25. The third-order valence-corrected chi connectivity index (χ3v) is 3.39. The number of ketones is 1. The highest BCUT2D eigenvalue weighted by molar-refractivity contribution is 5.85. The maximum atomic E-state index is 12.1. The quantitative estimate of drug-likeness (QED) is 0.656. The van der Waals surface area contributed by atoms with Crippen LogP contribution in [0.2, 0.25) is 0 Å². The van der Waals surface area contributed by atoms with Crippen molar-refractivity contribution in [2.24, 2.45) is 5.92 Å². The number of hydrogen-bond acceptors (Lipinski definition) is 3. The smallest absolute Gasteiger partial charge is 0.166 e. The monoisotopic (exact) mass is 212 g/mol. The van der Waals surface area contributed by atoms with Crippen molar-refractivity contribution in [2.75, 3.05) is 19.8 Å². The largest absolute Gasteiger partial charge is 0.376 e. The molecule has 1 saturated carbocycles. The molecule has 15 heavy (non-hydrogen) atoms. The van der Waals surface area contributed by atoms with Gasteiger partial charge in [-0.1, -0.05) is 25.7 Å². The standard InChI is InChI=1S/C12H20O3/c13-12(11-9-14-7-8-15-11)10-5-3-1-2-4-6-10/h10-11H,1-9H2. The van der Waals surface area contributed by atoms with Gasteiger partial charge in [0.25, 0.3) is 0 Å². The van der Waals surface area contributed by atoms with Crippen molar-refractivity contribution >= 4 is 5.78 Å². The summed E-state index contributed by atoms with van der Waals surface area (Å²) in [4.78, 5) is 12.1. The summed E-state index contributed by atoms with van der Waals surface area (Å²) in [7, 11) is 0. The molecule has 1 heterocycles. The second kappa shape index (κ2) is 5.61. The Labute approximate surface area is 91.1 Å². The van der Waals surface area contributed by atoms with Crippen LogP contribution in [-0.2, 0) is 14.3 Å². The molecule has 1 atom stereocenters. The summed E-state index contributed by atoms with van der Waals surface area (Å²) in [5, 5.41) is 0. The van der Waals surface area contributed by atoms with Crippen LogP contribution in [0.1, 0.15) is 38.5 Å². The number of Topliss-reactive ketones (excluding diaryl/α,β-unsaturated/α-hetero) is 1. The lowest BCUT2D eigenvalue weighted by molar-refractivity contribution is -0.149. The van der Waals surface area contributed by atoms with Crippen molar-refractivity contribution in [2.45, 2.75) is 44.6 Å². The Morgan fingerprint density at radius 3 is 2.33 bits per heavy atom. The molecule has 1 aliphatic carbocycles. The maximum Gasteiger partial charge on any atom is 0.166 e. The SMILES string of the molecule is O=C(C1CCCCCC1)C1COCCO1. The number of carbonyl (C=O) groups is 1. The van der Waals surface area contributed by atoms with Crippen molar-refractivity contribution in [1.29, 1.82) is 0 Å². The molecular weight excluding hydrogens is 192 g/mol. The fourth-order valence-corrected chi connectivity index (χ4v) is 2.48. The van der Waals surface area contributed by atoms with Gasteiger partial charge in [-0.2, -0.15) is 0 Å². The third-order valence-electron chi connectivity index (χ3n) is 3.39.